The smallest absolute Gasteiger partial charge is 0.261 e. The fourth-order valence-electron chi connectivity index (χ4n) is 3.88. The summed E-state index contributed by atoms with van der Waals surface area (Å²) in [6, 6.07) is 11.2. The van der Waals surface area contributed by atoms with Gasteiger partial charge in [-0.1, -0.05) is 24.3 Å². The van der Waals surface area contributed by atoms with Crippen LogP contribution in [0.5, 0.6) is 0 Å². The Morgan fingerprint density at radius 1 is 1.00 bits per heavy atom. The number of para-hydroxylation sites is 1. The molecule has 172 valence electrons. The van der Waals surface area contributed by atoms with Crippen molar-refractivity contribution in [2.75, 3.05) is 26.2 Å². The fourth-order valence-corrected chi connectivity index (χ4v) is 5.31. The van der Waals surface area contributed by atoms with Gasteiger partial charge in [-0.3, -0.25) is 19.0 Å². The number of ketones is 1. The predicted octanol–water partition coefficient (Wildman–Crippen LogP) is 1.44. The topological polar surface area (TPSA) is 110 Å². The lowest BCUT2D eigenvalue weighted by molar-refractivity contribution is -0.133. The van der Waals surface area contributed by atoms with E-state index in [0.29, 0.717) is 16.5 Å². The van der Waals surface area contributed by atoms with E-state index in [1.165, 1.54) is 46.4 Å². The highest BCUT2D eigenvalue weighted by Crippen LogP contribution is 2.19. The molecule has 1 aromatic heterocycles. The number of carbonyl (C=O) groups is 2. The van der Waals surface area contributed by atoms with Crippen molar-refractivity contribution in [2.24, 2.45) is 0 Å². The molecular weight excluding hydrogens is 444 g/mol. The van der Waals surface area contributed by atoms with Crippen LogP contribution in [-0.4, -0.2) is 65.0 Å². The third kappa shape index (κ3) is 4.44. The first kappa shape index (κ1) is 22.8. The Morgan fingerprint density at radius 2 is 1.67 bits per heavy atom. The predicted molar refractivity (Wildman–Crippen MR) is 123 cm³/mol. The van der Waals surface area contributed by atoms with Gasteiger partial charge in [0.25, 0.3) is 5.56 Å². The number of hydrogen-bond acceptors (Lipinski definition) is 6. The monoisotopic (exact) mass is 468 g/mol. The molecule has 10 heteroatoms. The molecule has 0 radical (unpaired) electrons. The van der Waals surface area contributed by atoms with Crippen LogP contribution in [-0.2, 0) is 21.4 Å². The normalized spacial score (nSPS) is 15.0. The van der Waals surface area contributed by atoms with Crippen LogP contribution in [0, 0.1) is 6.92 Å². The molecule has 1 saturated heterocycles. The molecule has 9 nitrogen and oxygen atoms in total. The largest absolute Gasteiger partial charge is 0.338 e. The summed E-state index contributed by atoms with van der Waals surface area (Å²) in [6.45, 7) is 3.86. The number of fused-ring (bicyclic) bond motifs is 1. The van der Waals surface area contributed by atoms with Gasteiger partial charge in [0.2, 0.25) is 15.9 Å². The quantitative estimate of drug-likeness (QED) is 0.524. The molecule has 1 aliphatic heterocycles. The molecule has 0 unspecified atom stereocenters. The second-order valence-corrected chi connectivity index (χ2v) is 9.95. The third-order valence-electron chi connectivity index (χ3n) is 5.85. The zero-order valence-corrected chi connectivity index (χ0v) is 19.2. The summed E-state index contributed by atoms with van der Waals surface area (Å²) in [5.41, 5.74) is 1.66. The van der Waals surface area contributed by atoms with Crippen molar-refractivity contribution < 1.29 is 18.0 Å². The second-order valence-electron chi connectivity index (χ2n) is 8.01. The van der Waals surface area contributed by atoms with Crippen molar-refractivity contribution in [3.63, 3.8) is 0 Å². The van der Waals surface area contributed by atoms with Crippen molar-refractivity contribution in [3.05, 3.63) is 70.3 Å². The van der Waals surface area contributed by atoms with Crippen molar-refractivity contribution in [3.8, 4) is 0 Å². The Kier molecular flexibility index (Phi) is 6.13. The molecule has 2 heterocycles. The first-order chi connectivity index (χ1) is 15.7. The summed E-state index contributed by atoms with van der Waals surface area (Å²) in [5, 5.41) is 0.456. The summed E-state index contributed by atoms with van der Waals surface area (Å²) in [7, 11) is -3.73. The number of rotatable bonds is 5. The molecule has 0 aliphatic carbocycles. The number of nitrogens with zero attached hydrogens (tertiary/aromatic N) is 4. The summed E-state index contributed by atoms with van der Waals surface area (Å²) < 4.78 is 28.4. The molecule has 1 aliphatic rings. The van der Waals surface area contributed by atoms with Gasteiger partial charge in [-0.2, -0.15) is 4.31 Å². The van der Waals surface area contributed by atoms with Crippen molar-refractivity contribution in [1.82, 2.24) is 18.8 Å². The first-order valence-electron chi connectivity index (χ1n) is 10.5. The lowest BCUT2D eigenvalue weighted by Gasteiger charge is -2.34. The third-order valence-corrected chi connectivity index (χ3v) is 7.76. The molecule has 0 N–H and O–H groups in total. The molecule has 1 amide bonds. The van der Waals surface area contributed by atoms with E-state index >= 15 is 0 Å². The molecule has 1 fully saturated rings. The van der Waals surface area contributed by atoms with E-state index in [1.54, 1.807) is 17.0 Å². The fraction of sp³-hybridized carbons (Fsp3) is 0.304. The van der Waals surface area contributed by atoms with Gasteiger partial charge in [-0.25, -0.2) is 13.4 Å². The van der Waals surface area contributed by atoms with Gasteiger partial charge in [0, 0.05) is 31.7 Å². The maximum absolute atomic E-state index is 12.9. The second kappa shape index (κ2) is 8.87. The number of benzene rings is 2. The van der Waals surface area contributed by atoms with Crippen LogP contribution in [0.3, 0.4) is 0 Å². The van der Waals surface area contributed by atoms with Crippen molar-refractivity contribution in [2.45, 2.75) is 25.3 Å². The van der Waals surface area contributed by atoms with Crippen LogP contribution in [0.4, 0.5) is 0 Å². The highest BCUT2D eigenvalue weighted by molar-refractivity contribution is 7.89. The minimum atomic E-state index is -3.73. The molecule has 2 aromatic carbocycles. The minimum Gasteiger partial charge on any atom is -0.338 e. The van der Waals surface area contributed by atoms with Gasteiger partial charge in [-0.15, -0.1) is 0 Å². The van der Waals surface area contributed by atoms with Crippen LogP contribution < -0.4 is 5.56 Å². The summed E-state index contributed by atoms with van der Waals surface area (Å²) in [4.78, 5) is 42.9. The number of aryl methyl sites for hydroxylation is 1. The van der Waals surface area contributed by atoms with Gasteiger partial charge in [0.1, 0.15) is 6.54 Å². The van der Waals surface area contributed by atoms with E-state index < -0.39 is 10.0 Å². The Labute approximate surface area is 191 Å². The molecule has 0 saturated carbocycles. The van der Waals surface area contributed by atoms with E-state index in [-0.39, 0.29) is 54.9 Å². The molecule has 3 aromatic rings. The number of carbonyl (C=O) groups excluding carboxylic acids is 2. The van der Waals surface area contributed by atoms with E-state index in [1.807, 2.05) is 13.0 Å². The minimum absolute atomic E-state index is 0.108. The number of aromatic nitrogens is 2. The molecular formula is C23H24N4O5S. The molecule has 0 bridgehead atoms. The number of piperazine rings is 1. The van der Waals surface area contributed by atoms with Crippen LogP contribution >= 0.6 is 0 Å². The van der Waals surface area contributed by atoms with E-state index in [9.17, 15) is 22.8 Å². The Bertz CT molecular complexity index is 1390. The average molecular weight is 469 g/mol. The zero-order chi connectivity index (χ0) is 23.8. The van der Waals surface area contributed by atoms with Crippen LogP contribution in [0.1, 0.15) is 22.8 Å². The maximum atomic E-state index is 12.9. The molecule has 0 spiro atoms. The van der Waals surface area contributed by atoms with Crippen molar-refractivity contribution >= 4 is 32.6 Å². The zero-order valence-electron chi connectivity index (χ0n) is 18.4. The molecule has 4 rings (SSSR count). The van der Waals surface area contributed by atoms with Gasteiger partial charge < -0.3 is 4.90 Å². The first-order valence-corrected chi connectivity index (χ1v) is 12.0. The highest BCUT2D eigenvalue weighted by atomic mass is 32.2. The van der Waals surface area contributed by atoms with E-state index in [2.05, 4.69) is 4.98 Å². The summed E-state index contributed by atoms with van der Waals surface area (Å²) >= 11 is 0. The lowest BCUT2D eigenvalue weighted by atomic mass is 10.1. The van der Waals surface area contributed by atoms with Crippen LogP contribution in [0.25, 0.3) is 10.9 Å². The summed E-state index contributed by atoms with van der Waals surface area (Å²) in [6.07, 6.45) is 1.38. The van der Waals surface area contributed by atoms with E-state index in [0.717, 1.165) is 5.56 Å². The Morgan fingerprint density at radius 3 is 2.30 bits per heavy atom. The van der Waals surface area contributed by atoms with Gasteiger partial charge in [-0.05, 0) is 37.6 Å². The number of Topliss-reactive ketones (excluding diaryl/α,β-unsaturated/α-hetero) is 1. The van der Waals surface area contributed by atoms with Crippen LogP contribution in [0.2, 0.25) is 0 Å². The molecule has 33 heavy (non-hydrogen) atoms. The van der Waals surface area contributed by atoms with Gasteiger partial charge in [0.15, 0.2) is 5.78 Å². The number of sulfonamides is 1. The molecule has 0 atom stereocenters. The highest BCUT2D eigenvalue weighted by Gasteiger charge is 2.30. The Hall–Kier alpha value is -3.37. The van der Waals surface area contributed by atoms with Crippen LogP contribution in [0.15, 0.2) is 58.5 Å². The standard InChI is InChI=1S/C23H24N4O5S/c1-16-4-3-5-20-22(16)24-15-26(23(20)30)14-21(29)25-10-12-27(13-11-25)33(31,32)19-8-6-18(7-9-19)17(2)28/h3-9,15H,10-14H2,1-2H3. The van der Waals surface area contributed by atoms with Gasteiger partial charge in [0.05, 0.1) is 22.1 Å². The van der Waals surface area contributed by atoms with Crippen molar-refractivity contribution in [1.29, 1.82) is 0 Å². The lowest BCUT2D eigenvalue weighted by Crippen LogP contribution is -2.51. The van der Waals surface area contributed by atoms with E-state index in [4.69, 9.17) is 0 Å². The number of hydrogen-bond donors (Lipinski definition) is 0. The maximum Gasteiger partial charge on any atom is 0.261 e. The van der Waals surface area contributed by atoms with Gasteiger partial charge >= 0.3 is 0 Å². The summed E-state index contributed by atoms with van der Waals surface area (Å²) in [5.74, 6) is -0.407. The average Bonchev–Trinajstić information content (AvgIpc) is 2.81. The SMILES string of the molecule is CC(=O)c1ccc(S(=O)(=O)N2CCN(C(=O)Cn3cnc4c(C)cccc4c3=O)CC2)cc1. The Balaban J connectivity index is 1.43. The number of amides is 1.